The number of rotatable bonds is 14. The molecule has 1 aromatic carbocycles. The monoisotopic (exact) mass is 436 g/mol. The van der Waals surface area contributed by atoms with Crippen LogP contribution in [0.25, 0.3) is 0 Å². The Kier molecular flexibility index (Phi) is 13.0. The van der Waals surface area contributed by atoms with E-state index in [0.717, 1.165) is 37.7 Å². The number of ether oxygens (including phenoxy) is 2. The molecule has 0 fully saturated rings. The summed E-state index contributed by atoms with van der Waals surface area (Å²) in [5.41, 5.74) is 0.792. The SMILES string of the molecule is CCCCCCCC[C@H](NC(=O)[C@@H](NC(=O)OCc1ccccc1)[C@@H](C)O)C(=O)OC. The van der Waals surface area contributed by atoms with E-state index in [9.17, 15) is 19.5 Å². The minimum absolute atomic E-state index is 0.0314. The van der Waals surface area contributed by atoms with Gasteiger partial charge in [0.15, 0.2) is 0 Å². The maximum absolute atomic E-state index is 12.7. The van der Waals surface area contributed by atoms with Crippen molar-refractivity contribution in [1.29, 1.82) is 0 Å². The van der Waals surface area contributed by atoms with E-state index in [2.05, 4.69) is 17.6 Å². The Bertz CT molecular complexity index is 665. The van der Waals surface area contributed by atoms with Gasteiger partial charge >= 0.3 is 12.1 Å². The van der Waals surface area contributed by atoms with Gasteiger partial charge in [-0.25, -0.2) is 9.59 Å². The number of methoxy groups -OCH3 is 1. The van der Waals surface area contributed by atoms with Crippen LogP contribution in [0.5, 0.6) is 0 Å². The second-order valence-corrected chi connectivity index (χ2v) is 7.57. The van der Waals surface area contributed by atoms with Crippen molar-refractivity contribution in [3.63, 3.8) is 0 Å². The average Bonchev–Trinajstić information content (AvgIpc) is 2.77. The molecule has 0 aliphatic rings. The first kappa shape index (κ1) is 26.4. The van der Waals surface area contributed by atoms with Crippen molar-refractivity contribution >= 4 is 18.0 Å². The first-order chi connectivity index (χ1) is 14.9. The molecule has 0 bridgehead atoms. The van der Waals surface area contributed by atoms with Gasteiger partial charge in [-0.05, 0) is 18.9 Å². The molecule has 174 valence electrons. The van der Waals surface area contributed by atoms with Crippen molar-refractivity contribution < 1.29 is 29.0 Å². The van der Waals surface area contributed by atoms with Gasteiger partial charge in [0.05, 0.1) is 13.2 Å². The number of alkyl carbamates (subject to hydrolysis) is 1. The molecule has 0 aliphatic carbocycles. The predicted molar refractivity (Wildman–Crippen MR) is 117 cm³/mol. The molecule has 8 nitrogen and oxygen atoms in total. The van der Waals surface area contributed by atoms with Gasteiger partial charge in [0.25, 0.3) is 0 Å². The standard InChI is InChI=1S/C23H36N2O6/c1-4-5-6-7-8-12-15-19(22(28)30-3)24-21(27)20(17(2)26)25-23(29)31-16-18-13-10-9-11-14-18/h9-11,13-14,17,19-20,26H,4-8,12,15-16H2,1-3H3,(H,24,27)(H,25,29)/t17-,19+,20+/m1/s1. The highest BCUT2D eigenvalue weighted by molar-refractivity contribution is 5.90. The molecule has 0 radical (unpaired) electrons. The molecule has 1 rings (SSSR count). The van der Waals surface area contributed by atoms with Crippen LogP contribution < -0.4 is 10.6 Å². The number of carbonyl (C=O) groups excluding carboxylic acids is 3. The number of esters is 1. The number of amides is 2. The summed E-state index contributed by atoms with van der Waals surface area (Å²) in [6.07, 6.45) is 4.66. The Hall–Kier alpha value is -2.61. The largest absolute Gasteiger partial charge is 0.467 e. The van der Waals surface area contributed by atoms with Crippen molar-refractivity contribution in [2.75, 3.05) is 7.11 Å². The molecule has 0 spiro atoms. The summed E-state index contributed by atoms with van der Waals surface area (Å²) >= 11 is 0. The Morgan fingerprint density at radius 1 is 1.00 bits per heavy atom. The summed E-state index contributed by atoms with van der Waals surface area (Å²) in [6, 6.07) is 6.98. The van der Waals surface area contributed by atoms with Crippen molar-refractivity contribution in [3.8, 4) is 0 Å². The molecule has 0 saturated heterocycles. The molecule has 0 saturated carbocycles. The summed E-state index contributed by atoms with van der Waals surface area (Å²) in [6.45, 7) is 3.55. The Balaban J connectivity index is 2.58. The number of benzene rings is 1. The lowest BCUT2D eigenvalue weighted by atomic mass is 10.0. The molecule has 0 aliphatic heterocycles. The van der Waals surface area contributed by atoms with Crippen molar-refractivity contribution in [2.24, 2.45) is 0 Å². The Labute approximate surface area is 184 Å². The minimum Gasteiger partial charge on any atom is -0.467 e. The molecular formula is C23H36N2O6. The quantitative estimate of drug-likeness (QED) is 0.305. The number of hydrogen-bond donors (Lipinski definition) is 3. The molecule has 31 heavy (non-hydrogen) atoms. The first-order valence-corrected chi connectivity index (χ1v) is 10.9. The maximum Gasteiger partial charge on any atom is 0.408 e. The molecule has 0 heterocycles. The van der Waals surface area contributed by atoms with Crippen molar-refractivity contribution in [1.82, 2.24) is 10.6 Å². The Morgan fingerprint density at radius 2 is 1.65 bits per heavy atom. The Morgan fingerprint density at radius 3 is 2.26 bits per heavy atom. The molecular weight excluding hydrogens is 400 g/mol. The second kappa shape index (κ2) is 15.2. The molecule has 3 N–H and O–H groups in total. The van der Waals surface area contributed by atoms with E-state index in [0.29, 0.717) is 6.42 Å². The second-order valence-electron chi connectivity index (χ2n) is 7.57. The zero-order valence-corrected chi connectivity index (χ0v) is 18.8. The highest BCUT2D eigenvalue weighted by Crippen LogP contribution is 2.10. The fraction of sp³-hybridized carbons (Fsp3) is 0.609. The van der Waals surface area contributed by atoms with E-state index >= 15 is 0 Å². The number of nitrogens with one attached hydrogen (secondary N) is 2. The molecule has 2 amide bonds. The number of aliphatic hydroxyl groups excluding tert-OH is 1. The normalized spacial score (nSPS) is 13.5. The summed E-state index contributed by atoms with van der Waals surface area (Å²) in [5.74, 6) is -1.23. The molecule has 0 unspecified atom stereocenters. The van der Waals surface area contributed by atoms with Crippen LogP contribution in [0.4, 0.5) is 4.79 Å². The molecule has 1 aromatic rings. The highest BCUT2D eigenvalue weighted by atomic mass is 16.5. The van der Waals surface area contributed by atoms with Gasteiger partial charge in [0.1, 0.15) is 18.7 Å². The van der Waals surface area contributed by atoms with E-state index in [-0.39, 0.29) is 6.61 Å². The third kappa shape index (κ3) is 10.8. The van der Waals surface area contributed by atoms with Crippen LogP contribution in [-0.4, -0.2) is 48.4 Å². The van der Waals surface area contributed by atoms with Crippen molar-refractivity contribution in [3.05, 3.63) is 35.9 Å². The smallest absolute Gasteiger partial charge is 0.408 e. The first-order valence-electron chi connectivity index (χ1n) is 10.9. The van der Waals surface area contributed by atoms with Crippen LogP contribution in [0, 0.1) is 0 Å². The maximum atomic E-state index is 12.7. The van der Waals surface area contributed by atoms with Gasteiger partial charge in [-0.15, -0.1) is 0 Å². The van der Waals surface area contributed by atoms with Gasteiger partial charge in [-0.1, -0.05) is 75.8 Å². The lowest BCUT2D eigenvalue weighted by Gasteiger charge is -2.23. The third-order valence-electron chi connectivity index (χ3n) is 4.90. The molecule has 0 aromatic heterocycles. The predicted octanol–water partition coefficient (Wildman–Crippen LogP) is 3.07. The zero-order chi connectivity index (χ0) is 23.1. The van der Waals surface area contributed by atoms with Gasteiger partial charge < -0.3 is 25.2 Å². The van der Waals surface area contributed by atoms with E-state index in [1.165, 1.54) is 20.5 Å². The lowest BCUT2D eigenvalue weighted by molar-refractivity contribution is -0.145. The third-order valence-corrected chi connectivity index (χ3v) is 4.90. The summed E-state index contributed by atoms with van der Waals surface area (Å²) < 4.78 is 9.90. The van der Waals surface area contributed by atoms with E-state index in [1.807, 2.05) is 18.2 Å². The van der Waals surface area contributed by atoms with Crippen LogP contribution in [-0.2, 0) is 25.7 Å². The van der Waals surface area contributed by atoms with Gasteiger partial charge in [-0.3, -0.25) is 4.79 Å². The van der Waals surface area contributed by atoms with Gasteiger partial charge in [0.2, 0.25) is 5.91 Å². The van der Waals surface area contributed by atoms with E-state index in [1.54, 1.807) is 12.1 Å². The van der Waals surface area contributed by atoms with E-state index in [4.69, 9.17) is 9.47 Å². The fourth-order valence-electron chi connectivity index (χ4n) is 3.08. The fourth-order valence-corrected chi connectivity index (χ4v) is 3.08. The highest BCUT2D eigenvalue weighted by Gasteiger charge is 2.30. The molecule has 8 heteroatoms. The number of unbranched alkanes of at least 4 members (excludes halogenated alkanes) is 5. The van der Waals surface area contributed by atoms with Crippen LogP contribution >= 0.6 is 0 Å². The summed E-state index contributed by atoms with van der Waals surface area (Å²) in [5, 5.41) is 14.9. The number of aliphatic hydroxyl groups is 1. The lowest BCUT2D eigenvalue weighted by Crippen LogP contribution is -2.55. The summed E-state index contributed by atoms with van der Waals surface area (Å²) in [4.78, 5) is 36.8. The van der Waals surface area contributed by atoms with E-state index < -0.39 is 36.2 Å². The number of hydrogen-bond acceptors (Lipinski definition) is 6. The average molecular weight is 437 g/mol. The van der Waals surface area contributed by atoms with Crippen LogP contribution in [0.1, 0.15) is 64.4 Å². The molecule has 3 atom stereocenters. The van der Waals surface area contributed by atoms with Crippen LogP contribution in [0.2, 0.25) is 0 Å². The number of carbonyl (C=O) groups is 3. The van der Waals surface area contributed by atoms with Gasteiger partial charge in [0, 0.05) is 0 Å². The minimum atomic E-state index is -1.26. The zero-order valence-electron chi connectivity index (χ0n) is 18.8. The topological polar surface area (TPSA) is 114 Å². The van der Waals surface area contributed by atoms with Crippen LogP contribution in [0.3, 0.4) is 0 Å². The van der Waals surface area contributed by atoms with Gasteiger partial charge in [-0.2, -0.15) is 0 Å². The summed E-state index contributed by atoms with van der Waals surface area (Å²) in [7, 11) is 1.26. The van der Waals surface area contributed by atoms with Crippen molar-refractivity contribution in [2.45, 2.75) is 83.6 Å². The van der Waals surface area contributed by atoms with Crippen LogP contribution in [0.15, 0.2) is 30.3 Å².